The second kappa shape index (κ2) is 3.26. The zero-order valence-electron chi connectivity index (χ0n) is 8.79. The molecule has 1 unspecified atom stereocenters. The van der Waals surface area contributed by atoms with Gasteiger partial charge in [0, 0.05) is 11.3 Å². The maximum Gasteiger partial charge on any atom is 0.289 e. The molecule has 78 valence electrons. The normalized spacial score (nSPS) is 22.5. The largest absolute Gasteiger partial charge is 0.468 e. The zero-order chi connectivity index (χ0) is 10.3. The van der Waals surface area contributed by atoms with E-state index in [4.69, 9.17) is 4.74 Å². The Bertz CT molecular complexity index is 426. The van der Waals surface area contributed by atoms with Gasteiger partial charge in [0.2, 0.25) is 0 Å². The monoisotopic (exact) mass is 202 g/mol. The molecule has 1 atom stereocenters. The van der Waals surface area contributed by atoms with Crippen LogP contribution in [0.5, 0.6) is 0 Å². The minimum atomic E-state index is 0.307. The van der Waals surface area contributed by atoms with Crippen LogP contribution in [0.3, 0.4) is 0 Å². The molecule has 1 N–H and O–H groups in total. The van der Waals surface area contributed by atoms with E-state index in [0.29, 0.717) is 12.1 Å². The molecule has 0 amide bonds. The van der Waals surface area contributed by atoms with Crippen LogP contribution >= 0.6 is 0 Å². The molecule has 1 aliphatic carbocycles. The Labute approximate surface area is 89.2 Å². The van der Waals surface area contributed by atoms with Crippen LogP contribution in [0.4, 0.5) is 5.69 Å². The number of amidine groups is 1. The SMILES string of the molecule is COC1=NC2CCCc3cccc(c32)N1. The fourth-order valence-corrected chi connectivity index (χ4v) is 2.49. The van der Waals surface area contributed by atoms with Crippen molar-refractivity contribution in [3.63, 3.8) is 0 Å². The van der Waals surface area contributed by atoms with Crippen molar-refractivity contribution in [2.45, 2.75) is 25.3 Å². The number of benzene rings is 1. The van der Waals surface area contributed by atoms with Gasteiger partial charge in [0.25, 0.3) is 6.02 Å². The van der Waals surface area contributed by atoms with Gasteiger partial charge in [0.05, 0.1) is 13.2 Å². The molecule has 3 heteroatoms. The number of anilines is 1. The lowest BCUT2D eigenvalue weighted by Gasteiger charge is -2.29. The number of nitrogens with zero attached hydrogens (tertiary/aromatic N) is 1. The predicted octanol–water partition coefficient (Wildman–Crippen LogP) is 2.49. The summed E-state index contributed by atoms with van der Waals surface area (Å²) in [6.07, 6.45) is 3.54. The first-order chi connectivity index (χ1) is 7.38. The minimum absolute atomic E-state index is 0.307. The molecule has 1 aromatic rings. The molecule has 1 heterocycles. The molecule has 2 aliphatic rings. The van der Waals surface area contributed by atoms with E-state index in [1.807, 2.05) is 0 Å². The van der Waals surface area contributed by atoms with Crippen molar-refractivity contribution >= 4 is 11.7 Å². The second-order valence-electron chi connectivity index (χ2n) is 4.05. The lowest BCUT2D eigenvalue weighted by molar-refractivity contribution is 0.390. The number of methoxy groups -OCH3 is 1. The van der Waals surface area contributed by atoms with Crippen molar-refractivity contribution in [1.82, 2.24) is 0 Å². The summed E-state index contributed by atoms with van der Waals surface area (Å²) in [6, 6.07) is 7.36. The summed E-state index contributed by atoms with van der Waals surface area (Å²) in [5.41, 5.74) is 3.99. The van der Waals surface area contributed by atoms with E-state index in [0.717, 1.165) is 6.42 Å². The molecule has 0 aromatic heterocycles. The third-order valence-corrected chi connectivity index (χ3v) is 3.16. The van der Waals surface area contributed by atoms with Crippen LogP contribution in [-0.4, -0.2) is 13.1 Å². The van der Waals surface area contributed by atoms with Crippen LogP contribution in [0.25, 0.3) is 0 Å². The van der Waals surface area contributed by atoms with Gasteiger partial charge in [-0.3, -0.25) is 0 Å². The predicted molar refractivity (Wildman–Crippen MR) is 60.2 cm³/mol. The van der Waals surface area contributed by atoms with Crippen molar-refractivity contribution in [3.05, 3.63) is 29.3 Å². The zero-order valence-corrected chi connectivity index (χ0v) is 8.79. The molecule has 15 heavy (non-hydrogen) atoms. The Morgan fingerprint density at radius 3 is 3.27 bits per heavy atom. The highest BCUT2D eigenvalue weighted by Crippen LogP contribution is 2.39. The Hall–Kier alpha value is -1.51. The van der Waals surface area contributed by atoms with E-state index in [9.17, 15) is 0 Å². The van der Waals surface area contributed by atoms with E-state index in [-0.39, 0.29) is 0 Å². The van der Waals surface area contributed by atoms with Crippen LogP contribution in [0, 0.1) is 0 Å². The first-order valence-electron chi connectivity index (χ1n) is 5.39. The van der Waals surface area contributed by atoms with E-state index in [1.165, 1.54) is 29.7 Å². The van der Waals surface area contributed by atoms with Crippen LogP contribution in [0.15, 0.2) is 23.2 Å². The van der Waals surface area contributed by atoms with Crippen LogP contribution in [0.2, 0.25) is 0 Å². The van der Waals surface area contributed by atoms with Crippen molar-refractivity contribution in [3.8, 4) is 0 Å². The van der Waals surface area contributed by atoms with Crippen LogP contribution in [-0.2, 0) is 11.2 Å². The maximum absolute atomic E-state index is 5.18. The summed E-state index contributed by atoms with van der Waals surface area (Å²) in [5.74, 6) is 0. The summed E-state index contributed by atoms with van der Waals surface area (Å²) < 4.78 is 5.18. The first-order valence-corrected chi connectivity index (χ1v) is 5.39. The summed E-state index contributed by atoms with van der Waals surface area (Å²) in [7, 11) is 1.66. The number of aliphatic imine (C=N–C) groups is 1. The molecule has 1 aliphatic heterocycles. The Kier molecular flexibility index (Phi) is 1.91. The van der Waals surface area contributed by atoms with Crippen LogP contribution < -0.4 is 5.32 Å². The first kappa shape index (κ1) is 8.77. The third kappa shape index (κ3) is 1.30. The number of rotatable bonds is 0. The Morgan fingerprint density at radius 2 is 2.40 bits per heavy atom. The summed E-state index contributed by atoms with van der Waals surface area (Å²) in [5, 5.41) is 3.21. The molecule has 0 bridgehead atoms. The molecule has 3 nitrogen and oxygen atoms in total. The van der Waals surface area contributed by atoms with E-state index in [1.54, 1.807) is 7.11 Å². The Balaban J connectivity index is 2.12. The molecule has 0 saturated heterocycles. The molecule has 0 saturated carbocycles. The Morgan fingerprint density at radius 1 is 1.47 bits per heavy atom. The number of ether oxygens (including phenoxy) is 1. The van der Waals surface area contributed by atoms with Gasteiger partial charge in [-0.25, -0.2) is 4.99 Å². The second-order valence-corrected chi connectivity index (χ2v) is 4.05. The molecule has 1 aromatic carbocycles. The molecule has 0 spiro atoms. The fraction of sp³-hybridized carbons (Fsp3) is 0.417. The standard InChI is InChI=1S/C12H14N2O/c1-15-12-13-9-6-2-4-8-5-3-7-10(14-12)11(8)9/h2,4,6,10H,3,5,7H2,1H3,(H,13,14). The van der Waals surface area contributed by atoms with Gasteiger partial charge in [0.1, 0.15) is 0 Å². The molecular weight excluding hydrogens is 188 g/mol. The van der Waals surface area contributed by atoms with Gasteiger partial charge in [-0.05, 0) is 30.9 Å². The van der Waals surface area contributed by atoms with Crippen molar-refractivity contribution < 1.29 is 4.74 Å². The van der Waals surface area contributed by atoms with Gasteiger partial charge in [-0.15, -0.1) is 0 Å². The van der Waals surface area contributed by atoms with Gasteiger partial charge < -0.3 is 10.1 Å². The van der Waals surface area contributed by atoms with E-state index >= 15 is 0 Å². The quantitative estimate of drug-likeness (QED) is 0.701. The average Bonchev–Trinajstić information content (AvgIpc) is 2.29. The van der Waals surface area contributed by atoms with Crippen molar-refractivity contribution in [1.29, 1.82) is 0 Å². The maximum atomic E-state index is 5.18. The number of aryl methyl sites for hydroxylation is 1. The summed E-state index contributed by atoms with van der Waals surface area (Å²) in [4.78, 5) is 4.56. The smallest absolute Gasteiger partial charge is 0.289 e. The summed E-state index contributed by atoms with van der Waals surface area (Å²) >= 11 is 0. The van der Waals surface area contributed by atoms with Crippen molar-refractivity contribution in [2.24, 2.45) is 4.99 Å². The number of hydrogen-bond acceptors (Lipinski definition) is 3. The minimum Gasteiger partial charge on any atom is -0.468 e. The van der Waals surface area contributed by atoms with Crippen molar-refractivity contribution in [2.75, 3.05) is 12.4 Å². The van der Waals surface area contributed by atoms with Gasteiger partial charge in [0.15, 0.2) is 0 Å². The van der Waals surface area contributed by atoms with E-state index in [2.05, 4.69) is 28.5 Å². The fourth-order valence-electron chi connectivity index (χ4n) is 2.49. The number of nitrogens with one attached hydrogen (secondary N) is 1. The van der Waals surface area contributed by atoms with E-state index < -0.39 is 0 Å². The summed E-state index contributed by atoms with van der Waals surface area (Å²) in [6.45, 7) is 0. The third-order valence-electron chi connectivity index (χ3n) is 3.16. The van der Waals surface area contributed by atoms with Gasteiger partial charge in [-0.1, -0.05) is 12.1 Å². The lowest BCUT2D eigenvalue weighted by Crippen LogP contribution is -2.24. The molecule has 0 fully saturated rings. The highest BCUT2D eigenvalue weighted by atomic mass is 16.5. The molecule has 0 radical (unpaired) electrons. The molecule has 3 rings (SSSR count). The highest BCUT2D eigenvalue weighted by molar-refractivity contribution is 5.92. The average molecular weight is 202 g/mol. The highest BCUT2D eigenvalue weighted by Gasteiger charge is 2.27. The topological polar surface area (TPSA) is 33.6 Å². The van der Waals surface area contributed by atoms with Crippen LogP contribution in [0.1, 0.15) is 30.0 Å². The number of hydrogen-bond donors (Lipinski definition) is 1. The lowest BCUT2D eigenvalue weighted by atomic mass is 9.86. The van der Waals surface area contributed by atoms with Gasteiger partial charge in [-0.2, -0.15) is 0 Å². The van der Waals surface area contributed by atoms with Gasteiger partial charge >= 0.3 is 0 Å². The molecular formula is C12H14N2O.